The van der Waals surface area contributed by atoms with E-state index < -0.39 is 5.97 Å². The summed E-state index contributed by atoms with van der Waals surface area (Å²) in [6, 6.07) is 7.14. The number of nitrogens with zero attached hydrogens (tertiary/aromatic N) is 2. The molecule has 0 fully saturated rings. The third kappa shape index (κ3) is 2.16. The molecule has 2 rings (SSSR count). The molecule has 2 N–H and O–H groups in total. The first-order valence-corrected chi connectivity index (χ1v) is 4.90. The lowest BCUT2D eigenvalue weighted by Gasteiger charge is -2.06. The number of hydrogen-bond donors (Lipinski definition) is 2. The summed E-state index contributed by atoms with van der Waals surface area (Å²) in [7, 11) is 0. The molecule has 0 aliphatic rings. The summed E-state index contributed by atoms with van der Waals surface area (Å²) in [6.45, 7) is 0.278. The normalized spacial score (nSPS) is 9.82. The molecule has 0 radical (unpaired) electrons. The Bertz CT molecular complexity index is 617. The van der Waals surface area contributed by atoms with E-state index in [2.05, 4.69) is 21.2 Å². The number of para-hydroxylation sites is 1. The number of carboxylic acid groups (broad SMARTS) is 1. The topological polar surface area (TPSA) is 75.1 Å². The summed E-state index contributed by atoms with van der Waals surface area (Å²) >= 11 is 0. The molecule has 0 saturated heterocycles. The highest BCUT2D eigenvalue weighted by Gasteiger charge is 2.11. The Labute approximate surface area is 97.5 Å². The number of fused-ring (bicyclic) bond motifs is 1. The van der Waals surface area contributed by atoms with Crippen LogP contribution < -0.4 is 5.32 Å². The number of aromatic nitrogens is 2. The first kappa shape index (κ1) is 10.9. The van der Waals surface area contributed by atoms with Crippen molar-refractivity contribution in [3.8, 4) is 12.3 Å². The molecular weight excluding hydrogens is 218 g/mol. The van der Waals surface area contributed by atoms with Crippen LogP contribution in [-0.2, 0) is 0 Å². The summed E-state index contributed by atoms with van der Waals surface area (Å²) in [5.74, 6) is 1.43. The molecule has 0 unspecified atom stereocenters. The zero-order valence-electron chi connectivity index (χ0n) is 8.84. The molecule has 1 aromatic heterocycles. The smallest absolute Gasteiger partial charge is 0.374 e. The summed E-state index contributed by atoms with van der Waals surface area (Å²) in [6.07, 6.45) is 5.15. The standard InChI is InChI=1S/C12H9N3O2/c1-2-7-13-10-8-5-3-4-6-9(8)14-11(15-10)12(16)17/h1,3-6H,7H2,(H,16,17)(H,13,14,15). The molecule has 0 saturated carbocycles. The Kier molecular flexibility index (Phi) is 2.88. The number of benzene rings is 1. The van der Waals surface area contributed by atoms with Gasteiger partial charge in [-0.2, -0.15) is 0 Å². The number of carboxylic acids is 1. The van der Waals surface area contributed by atoms with Crippen LogP contribution >= 0.6 is 0 Å². The number of rotatable bonds is 3. The molecule has 0 aliphatic heterocycles. The minimum atomic E-state index is -1.17. The molecule has 0 amide bonds. The van der Waals surface area contributed by atoms with Crippen LogP contribution in [0.2, 0.25) is 0 Å². The molecule has 0 bridgehead atoms. The van der Waals surface area contributed by atoms with Gasteiger partial charge in [-0.05, 0) is 12.1 Å². The minimum Gasteiger partial charge on any atom is -0.475 e. The van der Waals surface area contributed by atoms with Crippen LogP contribution in [0.5, 0.6) is 0 Å². The van der Waals surface area contributed by atoms with Gasteiger partial charge >= 0.3 is 5.97 Å². The van der Waals surface area contributed by atoms with Gasteiger partial charge in [-0.25, -0.2) is 14.8 Å². The number of nitrogens with one attached hydrogen (secondary N) is 1. The van der Waals surface area contributed by atoms with Crippen molar-refractivity contribution in [1.82, 2.24) is 9.97 Å². The van der Waals surface area contributed by atoms with Gasteiger partial charge in [0, 0.05) is 5.39 Å². The minimum absolute atomic E-state index is 0.247. The number of hydrogen-bond acceptors (Lipinski definition) is 4. The van der Waals surface area contributed by atoms with Gasteiger partial charge in [0.05, 0.1) is 12.1 Å². The SMILES string of the molecule is C#CCNc1nc(C(=O)O)nc2ccccc12. The fraction of sp³-hybridized carbons (Fsp3) is 0.0833. The zero-order valence-corrected chi connectivity index (χ0v) is 8.84. The van der Waals surface area contributed by atoms with Crippen LogP contribution in [0.15, 0.2) is 24.3 Å². The van der Waals surface area contributed by atoms with E-state index in [1.54, 1.807) is 18.2 Å². The van der Waals surface area contributed by atoms with Gasteiger partial charge in [0.25, 0.3) is 0 Å². The third-order valence-electron chi connectivity index (χ3n) is 2.15. The number of anilines is 1. The lowest BCUT2D eigenvalue weighted by Crippen LogP contribution is -2.09. The van der Waals surface area contributed by atoms with Crippen molar-refractivity contribution >= 4 is 22.7 Å². The fourth-order valence-corrected chi connectivity index (χ4v) is 1.44. The predicted molar refractivity (Wildman–Crippen MR) is 63.8 cm³/mol. The van der Waals surface area contributed by atoms with Crippen LogP contribution in [0.1, 0.15) is 10.6 Å². The predicted octanol–water partition coefficient (Wildman–Crippen LogP) is 1.37. The molecule has 0 atom stereocenters. The average molecular weight is 227 g/mol. The van der Waals surface area contributed by atoms with Crippen LogP contribution in [0.25, 0.3) is 10.9 Å². The van der Waals surface area contributed by atoms with Crippen molar-refractivity contribution in [3.63, 3.8) is 0 Å². The van der Waals surface area contributed by atoms with Crippen molar-refractivity contribution in [2.45, 2.75) is 0 Å². The lowest BCUT2D eigenvalue weighted by molar-refractivity contribution is 0.0684. The average Bonchev–Trinajstić information content (AvgIpc) is 2.35. The van der Waals surface area contributed by atoms with Crippen LogP contribution in [0.4, 0.5) is 5.82 Å². The summed E-state index contributed by atoms with van der Waals surface area (Å²) < 4.78 is 0. The Balaban J connectivity index is 2.61. The van der Waals surface area contributed by atoms with E-state index in [0.717, 1.165) is 5.39 Å². The molecular formula is C12H9N3O2. The highest BCUT2D eigenvalue weighted by atomic mass is 16.4. The fourth-order valence-electron chi connectivity index (χ4n) is 1.44. The van der Waals surface area contributed by atoms with E-state index in [4.69, 9.17) is 11.5 Å². The number of carbonyl (C=O) groups is 1. The number of terminal acetylenes is 1. The zero-order chi connectivity index (χ0) is 12.3. The summed E-state index contributed by atoms with van der Waals surface area (Å²) in [5.41, 5.74) is 0.569. The van der Waals surface area contributed by atoms with Gasteiger partial charge in [-0.1, -0.05) is 18.1 Å². The molecule has 2 aromatic rings. The van der Waals surface area contributed by atoms with E-state index in [1.807, 2.05) is 6.07 Å². The van der Waals surface area contributed by atoms with Gasteiger partial charge in [-0.3, -0.25) is 0 Å². The van der Waals surface area contributed by atoms with Gasteiger partial charge < -0.3 is 10.4 Å². The summed E-state index contributed by atoms with van der Waals surface area (Å²) in [4.78, 5) is 18.7. The van der Waals surface area contributed by atoms with E-state index >= 15 is 0 Å². The molecule has 1 heterocycles. The second kappa shape index (κ2) is 4.49. The Morgan fingerprint density at radius 3 is 2.88 bits per heavy atom. The monoisotopic (exact) mass is 227 g/mol. The van der Waals surface area contributed by atoms with E-state index in [9.17, 15) is 4.79 Å². The molecule has 84 valence electrons. The molecule has 1 aromatic carbocycles. The highest BCUT2D eigenvalue weighted by molar-refractivity contribution is 5.93. The van der Waals surface area contributed by atoms with Gasteiger partial charge in [0.15, 0.2) is 0 Å². The van der Waals surface area contributed by atoms with E-state index in [0.29, 0.717) is 11.3 Å². The Morgan fingerprint density at radius 1 is 1.41 bits per heavy atom. The van der Waals surface area contributed by atoms with Crippen molar-refractivity contribution in [3.05, 3.63) is 30.1 Å². The second-order valence-electron chi connectivity index (χ2n) is 3.28. The van der Waals surface area contributed by atoms with Gasteiger partial charge in [-0.15, -0.1) is 6.42 Å². The maximum atomic E-state index is 10.9. The molecule has 0 aliphatic carbocycles. The second-order valence-corrected chi connectivity index (χ2v) is 3.28. The van der Waals surface area contributed by atoms with Gasteiger partial charge in [0.2, 0.25) is 5.82 Å². The summed E-state index contributed by atoms with van der Waals surface area (Å²) in [5, 5.41) is 12.5. The van der Waals surface area contributed by atoms with Crippen LogP contribution in [0, 0.1) is 12.3 Å². The number of aromatic carboxylic acids is 1. The molecule has 5 nitrogen and oxygen atoms in total. The van der Waals surface area contributed by atoms with Crippen molar-refractivity contribution in [1.29, 1.82) is 0 Å². The Hall–Kier alpha value is -2.61. The van der Waals surface area contributed by atoms with Gasteiger partial charge in [0.1, 0.15) is 5.82 Å². The molecule has 0 spiro atoms. The quantitative estimate of drug-likeness (QED) is 0.774. The molecule has 5 heteroatoms. The maximum Gasteiger partial charge on any atom is 0.374 e. The van der Waals surface area contributed by atoms with Crippen molar-refractivity contribution in [2.75, 3.05) is 11.9 Å². The molecule has 17 heavy (non-hydrogen) atoms. The first-order chi connectivity index (χ1) is 8.22. The van der Waals surface area contributed by atoms with E-state index in [-0.39, 0.29) is 12.4 Å². The van der Waals surface area contributed by atoms with E-state index in [1.165, 1.54) is 0 Å². The third-order valence-corrected chi connectivity index (χ3v) is 2.15. The van der Waals surface area contributed by atoms with Crippen molar-refractivity contribution in [2.24, 2.45) is 0 Å². The van der Waals surface area contributed by atoms with Crippen LogP contribution in [0.3, 0.4) is 0 Å². The lowest BCUT2D eigenvalue weighted by atomic mass is 10.2. The maximum absolute atomic E-state index is 10.9. The van der Waals surface area contributed by atoms with Crippen LogP contribution in [-0.4, -0.2) is 27.6 Å². The first-order valence-electron chi connectivity index (χ1n) is 4.90. The highest BCUT2D eigenvalue weighted by Crippen LogP contribution is 2.19. The Morgan fingerprint density at radius 2 is 2.18 bits per heavy atom. The van der Waals surface area contributed by atoms with Crippen molar-refractivity contribution < 1.29 is 9.90 Å². The largest absolute Gasteiger partial charge is 0.475 e.